The summed E-state index contributed by atoms with van der Waals surface area (Å²) in [7, 11) is 0. The summed E-state index contributed by atoms with van der Waals surface area (Å²) in [5.74, 6) is -0.731. The van der Waals surface area contributed by atoms with Gasteiger partial charge in [-0.15, -0.1) is 0 Å². The van der Waals surface area contributed by atoms with Crippen LogP contribution in [0.1, 0.15) is 18.4 Å². The quantitative estimate of drug-likeness (QED) is 0.570. The van der Waals surface area contributed by atoms with Gasteiger partial charge in [-0.25, -0.2) is 0 Å². The molecule has 3 rings (SSSR count). The number of hydrogen-bond donors (Lipinski definition) is 0. The van der Waals surface area contributed by atoms with Gasteiger partial charge in [0, 0.05) is 0 Å². The van der Waals surface area contributed by atoms with Gasteiger partial charge in [-0.1, -0.05) is 0 Å². The van der Waals surface area contributed by atoms with E-state index < -0.39 is 35.4 Å². The Bertz CT molecular complexity index is 680. The maximum absolute atomic E-state index is 14.4. The Kier molecular flexibility index (Phi) is 5.43. The van der Waals surface area contributed by atoms with Crippen molar-refractivity contribution in [2.75, 3.05) is 0 Å². The second-order valence-corrected chi connectivity index (χ2v) is 9.14. The molecular weight excluding hydrogens is 347 g/mol. The van der Waals surface area contributed by atoms with Crippen LogP contribution in [0.25, 0.3) is 0 Å². The summed E-state index contributed by atoms with van der Waals surface area (Å²) in [6, 6.07) is 3.28. The molecule has 6 heteroatoms. The Morgan fingerprint density at radius 3 is 1.91 bits per heavy atom. The molecule has 0 bridgehead atoms. The van der Waals surface area contributed by atoms with Crippen LogP contribution in [0.4, 0.5) is 17.6 Å². The smallest absolute Gasteiger partial charge is 1.00 e. The number of alkyl halides is 3. The fraction of sp³-hybridized carbons (Fsp3) is 0.176. The molecular formula is C17H13F5Ti. The normalized spacial score (nSPS) is 16.2. The van der Waals surface area contributed by atoms with Crippen molar-refractivity contribution in [1.29, 1.82) is 0 Å². The van der Waals surface area contributed by atoms with E-state index in [2.05, 4.69) is 0 Å². The van der Waals surface area contributed by atoms with Crippen molar-refractivity contribution in [2.45, 2.75) is 19.0 Å². The number of benzene rings is 1. The molecule has 1 aromatic carbocycles. The summed E-state index contributed by atoms with van der Waals surface area (Å²) >= 11 is -2.72. The van der Waals surface area contributed by atoms with Crippen molar-refractivity contribution < 1.29 is 40.1 Å². The summed E-state index contributed by atoms with van der Waals surface area (Å²) in [6.45, 7) is 0. The van der Waals surface area contributed by atoms with Crippen molar-refractivity contribution in [3.63, 3.8) is 0 Å². The minimum atomic E-state index is -4.53. The first-order valence-corrected chi connectivity index (χ1v) is 9.28. The summed E-state index contributed by atoms with van der Waals surface area (Å²) in [5, 5.41) is 0. The van der Waals surface area contributed by atoms with Crippen LogP contribution >= 0.6 is 0 Å². The molecule has 1 aromatic rings. The molecule has 0 spiro atoms. The Balaban J connectivity index is 0.00000192. The van der Waals surface area contributed by atoms with Crippen molar-refractivity contribution in [1.82, 2.24) is 0 Å². The molecule has 0 saturated heterocycles. The third kappa shape index (κ3) is 3.56. The average Bonchev–Trinajstić information content (AvgIpc) is 3.13. The van der Waals surface area contributed by atoms with Gasteiger partial charge in [0.05, 0.1) is 0 Å². The molecule has 23 heavy (non-hydrogen) atoms. The molecule has 0 amide bonds. The van der Waals surface area contributed by atoms with Gasteiger partial charge in [0.25, 0.3) is 0 Å². The Morgan fingerprint density at radius 2 is 1.48 bits per heavy atom. The minimum absolute atomic E-state index is 0. The monoisotopic (exact) mass is 360 g/mol. The first-order valence-electron chi connectivity index (χ1n) is 6.93. The second-order valence-electron chi connectivity index (χ2n) is 5.18. The van der Waals surface area contributed by atoms with Crippen molar-refractivity contribution in [3.8, 4) is 0 Å². The predicted molar refractivity (Wildman–Crippen MR) is 74.7 cm³/mol. The molecule has 0 nitrogen and oxygen atoms in total. The van der Waals surface area contributed by atoms with E-state index in [0.717, 1.165) is 26.0 Å². The number of rotatable bonds is 3. The van der Waals surface area contributed by atoms with Gasteiger partial charge < -0.3 is 4.70 Å². The van der Waals surface area contributed by atoms with E-state index >= 15 is 0 Å². The maximum Gasteiger partial charge on any atom is -1.00 e. The van der Waals surface area contributed by atoms with Crippen molar-refractivity contribution >= 4 is 3.87 Å². The maximum atomic E-state index is 14.4. The van der Waals surface area contributed by atoms with Gasteiger partial charge in [-0.05, 0) is 0 Å². The van der Waals surface area contributed by atoms with Crippen LogP contribution in [0, 0.1) is 5.82 Å². The summed E-state index contributed by atoms with van der Waals surface area (Å²) in [5.41, 5.74) is -0.817. The molecule has 2 aliphatic rings. The number of hydrogen-bond acceptors (Lipinski definition) is 0. The van der Waals surface area contributed by atoms with E-state index in [0.29, 0.717) is 12.8 Å². The Hall–Kier alpha value is -1.46. The van der Waals surface area contributed by atoms with Crippen LogP contribution in [0.3, 0.4) is 0 Å². The van der Waals surface area contributed by atoms with Crippen molar-refractivity contribution in [3.05, 3.63) is 73.8 Å². The zero-order chi connectivity index (χ0) is 15.7. The topological polar surface area (TPSA) is 0 Å². The van der Waals surface area contributed by atoms with E-state index in [-0.39, 0.29) is 8.57 Å². The van der Waals surface area contributed by atoms with Crippen LogP contribution in [-0.2, 0) is 24.0 Å². The van der Waals surface area contributed by atoms with E-state index in [4.69, 9.17) is 0 Å². The zero-order valence-corrected chi connectivity index (χ0v) is 13.6. The molecule has 0 N–H and O–H groups in total. The van der Waals surface area contributed by atoms with Gasteiger partial charge in [0.1, 0.15) is 0 Å². The molecule has 2 aliphatic carbocycles. The predicted octanol–water partition coefficient (Wildman–Crippen LogP) is 1.78. The molecule has 120 valence electrons. The van der Waals surface area contributed by atoms with Crippen LogP contribution in [-0.4, -0.2) is 0 Å². The molecule has 0 saturated carbocycles. The number of halogens is 5. The van der Waals surface area contributed by atoms with Crippen LogP contribution in [0.2, 0.25) is 0 Å². The molecule has 0 heterocycles. The third-order valence-electron chi connectivity index (χ3n) is 3.75. The second kappa shape index (κ2) is 6.97. The summed E-state index contributed by atoms with van der Waals surface area (Å²) in [4.78, 5) is 0. The van der Waals surface area contributed by atoms with Crippen LogP contribution in [0.5, 0.6) is 0 Å². The molecule has 0 unspecified atom stereocenters. The molecule has 0 atom stereocenters. The third-order valence-corrected chi connectivity index (χ3v) is 8.49. The fourth-order valence-corrected chi connectivity index (χ4v) is 7.56. The van der Waals surface area contributed by atoms with E-state index in [1.807, 2.05) is 36.5 Å². The van der Waals surface area contributed by atoms with Gasteiger partial charge >= 0.3 is 132 Å². The first-order chi connectivity index (χ1) is 10.5. The van der Waals surface area contributed by atoms with Crippen LogP contribution in [0.15, 0.2) is 62.4 Å². The van der Waals surface area contributed by atoms with E-state index in [1.165, 1.54) is 0 Å². The Labute approximate surface area is 137 Å². The molecule has 0 radical (unpaired) electrons. The SMILES string of the molecule is Fc1cccc(C(F)(F)F)[c]1[Ti+]([C]1=CC=CC1)[C]1=CC=CC1.[F-]. The summed E-state index contributed by atoms with van der Waals surface area (Å²) in [6.07, 6.45) is 7.96. The van der Waals surface area contributed by atoms with Gasteiger partial charge in [0.15, 0.2) is 0 Å². The molecule has 0 aromatic heterocycles. The van der Waals surface area contributed by atoms with Crippen molar-refractivity contribution in [2.24, 2.45) is 0 Å². The fourth-order valence-electron chi connectivity index (χ4n) is 2.81. The van der Waals surface area contributed by atoms with Gasteiger partial charge in [-0.2, -0.15) is 0 Å². The largest absolute Gasteiger partial charge is 1.00 e. The van der Waals surface area contributed by atoms with Gasteiger partial charge in [0.2, 0.25) is 0 Å². The van der Waals surface area contributed by atoms with E-state index in [1.54, 1.807) is 0 Å². The first kappa shape index (κ1) is 17.9. The van der Waals surface area contributed by atoms with E-state index in [9.17, 15) is 17.6 Å². The van der Waals surface area contributed by atoms with Gasteiger partial charge in [-0.3, -0.25) is 0 Å². The average molecular weight is 360 g/mol. The molecule has 0 aliphatic heterocycles. The summed E-state index contributed by atoms with van der Waals surface area (Å²) < 4.78 is 56.3. The Morgan fingerprint density at radius 1 is 0.913 bits per heavy atom. The molecule has 0 fully saturated rings. The minimum Gasteiger partial charge on any atom is -1.00 e. The zero-order valence-electron chi connectivity index (χ0n) is 12.0. The number of allylic oxidation sites excluding steroid dienone is 8. The standard InChI is InChI=1S/C7H3F4.2C5H5.FH.Ti/c8-6-3-1-2-5(4-6)7(9,10)11;2*1-2-4-5-3-1;;/h1-3H;2*1-3H,4H2;1H;/q;;;;+1/p-1. The van der Waals surface area contributed by atoms with Crippen LogP contribution < -0.4 is 8.57 Å².